The highest BCUT2D eigenvalue weighted by Crippen LogP contribution is 2.27. The maximum Gasteiger partial charge on any atom is 0.230 e. The van der Waals surface area contributed by atoms with Gasteiger partial charge in [0.25, 0.3) is 0 Å². The first kappa shape index (κ1) is 13.5. The van der Waals surface area contributed by atoms with Crippen LogP contribution in [0.15, 0.2) is 46.9 Å². The molecule has 0 saturated carbocycles. The smallest absolute Gasteiger partial charge is 0.230 e. The molecular formula is C16H12ClNO3. The van der Waals surface area contributed by atoms with Crippen LogP contribution in [0.2, 0.25) is 5.02 Å². The zero-order valence-electron chi connectivity index (χ0n) is 11.2. The van der Waals surface area contributed by atoms with Gasteiger partial charge >= 0.3 is 0 Å². The minimum Gasteiger partial charge on any atom is -0.497 e. The molecule has 0 amide bonds. The van der Waals surface area contributed by atoms with E-state index in [1.54, 1.807) is 49.6 Å². The number of ketones is 1. The molecule has 0 saturated heterocycles. The first-order valence-corrected chi connectivity index (χ1v) is 6.63. The SMILES string of the molecule is COc1ccc(C(=O)c2cc3cc(Cl)ccc3o2)c(N)c1. The number of hydrogen-bond donors (Lipinski definition) is 1. The van der Waals surface area contributed by atoms with Crippen LogP contribution in [0.1, 0.15) is 16.1 Å². The van der Waals surface area contributed by atoms with Crippen molar-refractivity contribution in [2.75, 3.05) is 12.8 Å². The topological polar surface area (TPSA) is 65.5 Å². The number of nitrogen functional groups attached to an aromatic ring is 1. The van der Waals surface area contributed by atoms with Gasteiger partial charge in [0.2, 0.25) is 5.78 Å². The Hall–Kier alpha value is -2.46. The maximum absolute atomic E-state index is 12.5. The number of carbonyl (C=O) groups is 1. The summed E-state index contributed by atoms with van der Waals surface area (Å²) in [7, 11) is 1.54. The van der Waals surface area contributed by atoms with Gasteiger partial charge in [-0.05, 0) is 36.4 Å². The molecule has 21 heavy (non-hydrogen) atoms. The van der Waals surface area contributed by atoms with Crippen LogP contribution >= 0.6 is 11.6 Å². The lowest BCUT2D eigenvalue weighted by Gasteiger charge is -2.05. The molecule has 0 atom stereocenters. The minimum absolute atomic E-state index is 0.226. The van der Waals surface area contributed by atoms with Gasteiger partial charge in [0.1, 0.15) is 11.3 Å². The van der Waals surface area contributed by atoms with Crippen molar-refractivity contribution >= 4 is 34.0 Å². The predicted molar refractivity (Wildman–Crippen MR) is 82.1 cm³/mol. The molecule has 5 heteroatoms. The Labute approximate surface area is 126 Å². The first-order chi connectivity index (χ1) is 10.1. The summed E-state index contributed by atoms with van der Waals surface area (Å²) < 4.78 is 10.6. The number of ether oxygens (including phenoxy) is 1. The van der Waals surface area contributed by atoms with Crippen molar-refractivity contribution in [1.82, 2.24) is 0 Å². The fraction of sp³-hybridized carbons (Fsp3) is 0.0625. The van der Waals surface area contributed by atoms with Gasteiger partial charge in [-0.3, -0.25) is 4.79 Å². The van der Waals surface area contributed by atoms with Gasteiger partial charge in [0.15, 0.2) is 5.76 Å². The third kappa shape index (κ3) is 2.45. The van der Waals surface area contributed by atoms with Crippen LogP contribution in [0.5, 0.6) is 5.75 Å². The fourth-order valence-corrected chi connectivity index (χ4v) is 2.31. The van der Waals surface area contributed by atoms with Crippen LogP contribution in [0.3, 0.4) is 0 Å². The van der Waals surface area contributed by atoms with E-state index in [9.17, 15) is 4.79 Å². The highest BCUT2D eigenvalue weighted by Gasteiger charge is 2.17. The number of fused-ring (bicyclic) bond motifs is 1. The van der Waals surface area contributed by atoms with Crippen molar-refractivity contribution in [3.8, 4) is 5.75 Å². The van der Waals surface area contributed by atoms with Crippen LogP contribution in [0.25, 0.3) is 11.0 Å². The second-order valence-corrected chi connectivity index (χ2v) is 5.01. The number of anilines is 1. The lowest BCUT2D eigenvalue weighted by Crippen LogP contribution is -2.04. The average Bonchev–Trinajstić information content (AvgIpc) is 2.89. The Bertz CT molecular complexity index is 839. The van der Waals surface area contributed by atoms with E-state index in [2.05, 4.69) is 0 Å². The number of rotatable bonds is 3. The second-order valence-electron chi connectivity index (χ2n) is 4.58. The highest BCUT2D eigenvalue weighted by atomic mass is 35.5. The average molecular weight is 302 g/mol. The van der Waals surface area contributed by atoms with Gasteiger partial charge in [-0.15, -0.1) is 0 Å². The van der Waals surface area contributed by atoms with Gasteiger partial charge in [0, 0.05) is 27.7 Å². The number of benzene rings is 2. The van der Waals surface area contributed by atoms with Crippen LogP contribution in [0.4, 0.5) is 5.69 Å². The van der Waals surface area contributed by atoms with E-state index >= 15 is 0 Å². The van der Waals surface area contributed by atoms with E-state index < -0.39 is 0 Å². The van der Waals surface area contributed by atoms with Gasteiger partial charge in [-0.2, -0.15) is 0 Å². The summed E-state index contributed by atoms with van der Waals surface area (Å²) in [4.78, 5) is 12.5. The number of nitrogens with two attached hydrogens (primary N) is 1. The summed E-state index contributed by atoms with van der Waals surface area (Å²) in [5, 5.41) is 1.36. The summed E-state index contributed by atoms with van der Waals surface area (Å²) in [6.45, 7) is 0. The Morgan fingerprint density at radius 3 is 2.71 bits per heavy atom. The van der Waals surface area contributed by atoms with E-state index in [1.165, 1.54) is 0 Å². The number of methoxy groups -OCH3 is 1. The quantitative estimate of drug-likeness (QED) is 0.588. The molecule has 106 valence electrons. The molecule has 0 aliphatic carbocycles. The van der Waals surface area contributed by atoms with Crippen LogP contribution in [-0.4, -0.2) is 12.9 Å². The van der Waals surface area contributed by atoms with Crippen molar-refractivity contribution in [3.63, 3.8) is 0 Å². The van der Waals surface area contributed by atoms with E-state index in [0.717, 1.165) is 5.39 Å². The molecule has 0 aliphatic heterocycles. The van der Waals surface area contributed by atoms with Crippen molar-refractivity contribution < 1.29 is 13.9 Å². The molecule has 2 N–H and O–H groups in total. The zero-order chi connectivity index (χ0) is 15.0. The summed E-state index contributed by atoms with van der Waals surface area (Å²) in [5.74, 6) is 0.548. The van der Waals surface area contributed by atoms with E-state index in [0.29, 0.717) is 27.6 Å². The van der Waals surface area contributed by atoms with Crippen molar-refractivity contribution in [2.45, 2.75) is 0 Å². The van der Waals surface area contributed by atoms with Crippen LogP contribution in [0, 0.1) is 0 Å². The van der Waals surface area contributed by atoms with Crippen molar-refractivity contribution in [2.24, 2.45) is 0 Å². The fourth-order valence-electron chi connectivity index (χ4n) is 2.13. The predicted octanol–water partition coefficient (Wildman–Crippen LogP) is 3.91. The number of halogens is 1. The van der Waals surface area contributed by atoms with E-state index in [1.807, 2.05) is 0 Å². The Morgan fingerprint density at radius 2 is 2.00 bits per heavy atom. The van der Waals surface area contributed by atoms with Gasteiger partial charge in [-0.25, -0.2) is 0 Å². The molecular weight excluding hydrogens is 290 g/mol. The monoisotopic (exact) mass is 301 g/mol. The zero-order valence-corrected chi connectivity index (χ0v) is 12.0. The lowest BCUT2D eigenvalue weighted by atomic mass is 10.1. The van der Waals surface area contributed by atoms with Gasteiger partial charge in [-0.1, -0.05) is 11.6 Å². The summed E-state index contributed by atoms with van der Waals surface area (Å²) >= 11 is 5.92. The number of furan rings is 1. The normalized spacial score (nSPS) is 10.8. The molecule has 1 heterocycles. The van der Waals surface area contributed by atoms with Crippen LogP contribution in [-0.2, 0) is 0 Å². The minimum atomic E-state index is -0.275. The molecule has 0 bridgehead atoms. The molecule has 0 aliphatic rings. The molecule has 2 aromatic carbocycles. The van der Waals surface area contributed by atoms with Crippen LogP contribution < -0.4 is 10.5 Å². The summed E-state index contributed by atoms with van der Waals surface area (Å²) in [6, 6.07) is 11.8. The Kier molecular flexibility index (Phi) is 3.31. The maximum atomic E-state index is 12.5. The molecule has 0 spiro atoms. The Morgan fingerprint density at radius 1 is 1.19 bits per heavy atom. The highest BCUT2D eigenvalue weighted by molar-refractivity contribution is 6.31. The third-order valence-electron chi connectivity index (χ3n) is 3.21. The summed E-state index contributed by atoms with van der Waals surface area (Å²) in [5.41, 5.74) is 7.22. The lowest BCUT2D eigenvalue weighted by molar-refractivity contribution is 0.101. The number of hydrogen-bond acceptors (Lipinski definition) is 4. The van der Waals surface area contributed by atoms with E-state index in [-0.39, 0.29) is 11.5 Å². The first-order valence-electron chi connectivity index (χ1n) is 6.26. The third-order valence-corrected chi connectivity index (χ3v) is 3.44. The largest absolute Gasteiger partial charge is 0.497 e. The molecule has 0 radical (unpaired) electrons. The van der Waals surface area contributed by atoms with Crippen molar-refractivity contribution in [1.29, 1.82) is 0 Å². The molecule has 3 aromatic rings. The number of carbonyl (C=O) groups excluding carboxylic acids is 1. The van der Waals surface area contributed by atoms with Crippen molar-refractivity contribution in [3.05, 3.63) is 58.8 Å². The van der Waals surface area contributed by atoms with Gasteiger partial charge in [0.05, 0.1) is 7.11 Å². The second kappa shape index (κ2) is 5.14. The molecule has 1 aromatic heterocycles. The molecule has 0 fully saturated rings. The standard InChI is InChI=1S/C16H12ClNO3/c1-20-11-3-4-12(13(18)8-11)16(19)15-7-9-6-10(17)2-5-14(9)21-15/h2-8H,18H2,1H3. The van der Waals surface area contributed by atoms with Gasteiger partial charge < -0.3 is 14.9 Å². The van der Waals surface area contributed by atoms with E-state index in [4.69, 9.17) is 26.5 Å². The molecule has 0 unspecified atom stereocenters. The molecule has 3 rings (SSSR count). The Balaban J connectivity index is 2.03. The molecule has 4 nitrogen and oxygen atoms in total. The summed E-state index contributed by atoms with van der Waals surface area (Å²) in [6.07, 6.45) is 0.